The van der Waals surface area contributed by atoms with Crippen molar-refractivity contribution in [3.63, 3.8) is 0 Å². The van der Waals surface area contributed by atoms with Crippen molar-refractivity contribution in [2.75, 3.05) is 16.8 Å². The third kappa shape index (κ3) is 4.32. The number of hydrogen-bond donors (Lipinski definition) is 1. The van der Waals surface area contributed by atoms with Gasteiger partial charge in [-0.15, -0.1) is 10.2 Å². The monoisotopic (exact) mass is 410 g/mol. The molecular formula is C21H19FN4O2S. The van der Waals surface area contributed by atoms with E-state index >= 15 is 0 Å². The molecule has 1 aliphatic heterocycles. The Kier molecular flexibility index (Phi) is 5.35. The molecule has 8 heteroatoms. The number of nitrogens with zero attached hydrogens (tertiary/aromatic N) is 3. The highest BCUT2D eigenvalue weighted by Crippen LogP contribution is 2.35. The first-order valence-corrected chi connectivity index (χ1v) is 10.0. The zero-order valence-corrected chi connectivity index (χ0v) is 16.6. The summed E-state index contributed by atoms with van der Waals surface area (Å²) in [5.74, 6) is -0.583. The predicted octanol–water partition coefficient (Wildman–Crippen LogP) is 3.69. The Morgan fingerprint density at radius 1 is 1.21 bits per heavy atom. The number of hydrogen-bond acceptors (Lipinski definition) is 5. The maximum atomic E-state index is 13.0. The fourth-order valence-corrected chi connectivity index (χ4v) is 4.22. The average Bonchev–Trinajstić information content (AvgIpc) is 3.31. The minimum Gasteiger partial charge on any atom is -0.311 e. The number of halogens is 1. The molecule has 29 heavy (non-hydrogen) atoms. The first kappa shape index (κ1) is 19.2. The number of nitrogens with one attached hydrogen (secondary N) is 1. The lowest BCUT2D eigenvalue weighted by molar-refractivity contribution is -0.117. The molecule has 0 bridgehead atoms. The molecule has 1 aliphatic rings. The van der Waals surface area contributed by atoms with E-state index in [1.54, 1.807) is 17.0 Å². The number of carbonyl (C=O) groups excluding carboxylic acids is 2. The van der Waals surface area contributed by atoms with Crippen LogP contribution in [-0.2, 0) is 16.0 Å². The number of aromatic nitrogens is 2. The third-order valence-corrected chi connectivity index (χ3v) is 5.85. The molecule has 2 aromatic carbocycles. The summed E-state index contributed by atoms with van der Waals surface area (Å²) in [5.41, 5.74) is 2.67. The number of carbonyl (C=O) groups is 2. The van der Waals surface area contributed by atoms with Crippen LogP contribution in [0.25, 0.3) is 0 Å². The van der Waals surface area contributed by atoms with Crippen LogP contribution in [0.2, 0.25) is 0 Å². The number of amides is 2. The predicted molar refractivity (Wildman–Crippen MR) is 110 cm³/mol. The zero-order valence-electron chi connectivity index (χ0n) is 15.8. The molecule has 1 unspecified atom stereocenters. The van der Waals surface area contributed by atoms with Crippen LogP contribution in [0.15, 0.2) is 48.5 Å². The summed E-state index contributed by atoms with van der Waals surface area (Å²) in [6.45, 7) is 2.53. The zero-order chi connectivity index (χ0) is 20.4. The normalized spacial score (nSPS) is 16.3. The average molecular weight is 410 g/mol. The standard InChI is InChI=1S/C21H19FN4O2S/c1-13-4-2-3-5-17(13)26-12-15(11-19(26)28)20-24-25-21(29-20)23-18(27)10-14-6-8-16(22)9-7-14/h2-9,15H,10-12H2,1H3,(H,23,25,27). The van der Waals surface area contributed by atoms with E-state index in [4.69, 9.17) is 0 Å². The molecular weight excluding hydrogens is 391 g/mol. The van der Waals surface area contributed by atoms with E-state index in [1.807, 2.05) is 31.2 Å². The molecule has 0 radical (unpaired) electrons. The molecule has 0 spiro atoms. The summed E-state index contributed by atoms with van der Waals surface area (Å²) in [6.07, 6.45) is 0.491. The largest absolute Gasteiger partial charge is 0.311 e. The topological polar surface area (TPSA) is 75.2 Å². The van der Waals surface area contributed by atoms with E-state index in [0.29, 0.717) is 23.7 Å². The summed E-state index contributed by atoms with van der Waals surface area (Å²) in [5, 5.41) is 12.1. The summed E-state index contributed by atoms with van der Waals surface area (Å²) in [4.78, 5) is 26.5. The van der Waals surface area contributed by atoms with Crippen molar-refractivity contribution in [1.29, 1.82) is 0 Å². The molecule has 0 saturated carbocycles. The van der Waals surface area contributed by atoms with E-state index in [-0.39, 0.29) is 30.0 Å². The van der Waals surface area contributed by atoms with Gasteiger partial charge in [0, 0.05) is 24.6 Å². The van der Waals surface area contributed by atoms with Crippen LogP contribution in [-0.4, -0.2) is 28.6 Å². The van der Waals surface area contributed by atoms with Crippen molar-refractivity contribution in [3.8, 4) is 0 Å². The quantitative estimate of drug-likeness (QED) is 0.696. The van der Waals surface area contributed by atoms with Crippen LogP contribution in [0.1, 0.15) is 28.5 Å². The molecule has 148 valence electrons. The highest BCUT2D eigenvalue weighted by atomic mass is 32.1. The molecule has 3 aromatic rings. The Bertz CT molecular complexity index is 1050. The second kappa shape index (κ2) is 8.08. The van der Waals surface area contributed by atoms with Gasteiger partial charge in [0.1, 0.15) is 10.8 Å². The van der Waals surface area contributed by atoms with Crippen LogP contribution >= 0.6 is 11.3 Å². The highest BCUT2D eigenvalue weighted by Gasteiger charge is 2.34. The minimum atomic E-state index is -0.339. The van der Waals surface area contributed by atoms with E-state index in [0.717, 1.165) is 16.3 Å². The van der Waals surface area contributed by atoms with Gasteiger partial charge in [-0.05, 0) is 36.2 Å². The van der Waals surface area contributed by atoms with Crippen molar-refractivity contribution in [2.45, 2.75) is 25.7 Å². The fourth-order valence-electron chi connectivity index (χ4n) is 3.37. The van der Waals surface area contributed by atoms with Gasteiger partial charge in [-0.3, -0.25) is 9.59 Å². The minimum absolute atomic E-state index is 0.0534. The summed E-state index contributed by atoms with van der Waals surface area (Å²) in [7, 11) is 0. The van der Waals surface area contributed by atoms with Gasteiger partial charge >= 0.3 is 0 Å². The van der Waals surface area contributed by atoms with Gasteiger partial charge in [-0.25, -0.2) is 4.39 Å². The summed E-state index contributed by atoms with van der Waals surface area (Å²) >= 11 is 1.28. The molecule has 1 fully saturated rings. The van der Waals surface area contributed by atoms with Crippen LogP contribution in [0.5, 0.6) is 0 Å². The van der Waals surface area contributed by atoms with Crippen molar-refractivity contribution in [3.05, 3.63) is 70.5 Å². The molecule has 1 aromatic heterocycles. The second-order valence-electron chi connectivity index (χ2n) is 6.99. The molecule has 2 amide bonds. The Balaban J connectivity index is 1.40. The number of para-hydroxylation sites is 1. The summed E-state index contributed by atoms with van der Waals surface area (Å²) in [6, 6.07) is 13.6. The van der Waals surface area contributed by atoms with Gasteiger partial charge in [-0.2, -0.15) is 0 Å². The van der Waals surface area contributed by atoms with Crippen molar-refractivity contribution < 1.29 is 14.0 Å². The lowest BCUT2D eigenvalue weighted by Crippen LogP contribution is -2.25. The van der Waals surface area contributed by atoms with E-state index < -0.39 is 0 Å². The lowest BCUT2D eigenvalue weighted by Gasteiger charge is -2.18. The number of benzene rings is 2. The second-order valence-corrected chi connectivity index (χ2v) is 8.00. The first-order valence-electron chi connectivity index (χ1n) is 9.23. The summed E-state index contributed by atoms with van der Waals surface area (Å²) < 4.78 is 13.0. The Hall–Kier alpha value is -3.13. The molecule has 0 aliphatic carbocycles. The third-order valence-electron chi connectivity index (χ3n) is 4.85. The van der Waals surface area contributed by atoms with Gasteiger partial charge in [-0.1, -0.05) is 41.7 Å². The highest BCUT2D eigenvalue weighted by molar-refractivity contribution is 7.15. The first-order chi connectivity index (χ1) is 14.0. The Morgan fingerprint density at radius 2 is 1.97 bits per heavy atom. The molecule has 2 heterocycles. The Morgan fingerprint density at radius 3 is 2.72 bits per heavy atom. The number of anilines is 2. The fraction of sp³-hybridized carbons (Fsp3) is 0.238. The number of rotatable bonds is 5. The van der Waals surface area contributed by atoms with Gasteiger partial charge < -0.3 is 10.2 Å². The molecule has 1 saturated heterocycles. The van der Waals surface area contributed by atoms with Crippen molar-refractivity contribution >= 4 is 34.0 Å². The molecule has 1 N–H and O–H groups in total. The van der Waals surface area contributed by atoms with Crippen LogP contribution in [0.4, 0.5) is 15.2 Å². The van der Waals surface area contributed by atoms with Gasteiger partial charge in [0.25, 0.3) is 0 Å². The van der Waals surface area contributed by atoms with E-state index in [9.17, 15) is 14.0 Å². The van der Waals surface area contributed by atoms with Crippen molar-refractivity contribution in [1.82, 2.24) is 10.2 Å². The van der Waals surface area contributed by atoms with Crippen molar-refractivity contribution in [2.24, 2.45) is 0 Å². The number of aryl methyl sites for hydroxylation is 1. The maximum absolute atomic E-state index is 13.0. The SMILES string of the molecule is Cc1ccccc1N1CC(c2nnc(NC(=O)Cc3ccc(F)cc3)s2)CC1=O. The lowest BCUT2D eigenvalue weighted by atomic mass is 10.1. The maximum Gasteiger partial charge on any atom is 0.230 e. The smallest absolute Gasteiger partial charge is 0.230 e. The van der Waals surface area contributed by atoms with Crippen LogP contribution in [0.3, 0.4) is 0 Å². The van der Waals surface area contributed by atoms with E-state index in [2.05, 4.69) is 15.5 Å². The Labute approximate surface area is 171 Å². The molecule has 1 atom stereocenters. The van der Waals surface area contributed by atoms with Gasteiger partial charge in [0.05, 0.1) is 6.42 Å². The molecule has 4 rings (SSSR count). The molecule has 6 nitrogen and oxygen atoms in total. The van der Waals surface area contributed by atoms with E-state index in [1.165, 1.54) is 23.5 Å². The van der Waals surface area contributed by atoms with Crippen LogP contribution < -0.4 is 10.2 Å². The van der Waals surface area contributed by atoms with Crippen LogP contribution in [0, 0.1) is 12.7 Å². The van der Waals surface area contributed by atoms with Gasteiger partial charge in [0.15, 0.2) is 0 Å². The van der Waals surface area contributed by atoms with Gasteiger partial charge in [0.2, 0.25) is 16.9 Å².